The zero-order chi connectivity index (χ0) is 10.2. The second kappa shape index (κ2) is 6.98. The Kier molecular flexibility index (Phi) is 5.83. The van der Waals surface area contributed by atoms with Crippen LogP contribution in [0.15, 0.2) is 12.7 Å². The third kappa shape index (κ3) is 3.78. The standard InChI is InChI=1S/C11H22N2O/c1-3-5-10-11(6-9-14-4-2)13-8-7-12-10/h3,10-13H,1,4-9H2,2H3. The number of ether oxygens (including phenoxy) is 1. The number of hydrogen-bond acceptors (Lipinski definition) is 3. The van der Waals surface area contributed by atoms with Crippen molar-refractivity contribution in [2.75, 3.05) is 26.3 Å². The van der Waals surface area contributed by atoms with Crippen molar-refractivity contribution >= 4 is 0 Å². The molecule has 0 radical (unpaired) electrons. The minimum Gasteiger partial charge on any atom is -0.382 e. The number of nitrogens with one attached hydrogen (secondary N) is 2. The predicted octanol–water partition coefficient (Wildman–Crippen LogP) is 0.919. The third-order valence-electron chi connectivity index (χ3n) is 2.62. The van der Waals surface area contributed by atoms with Gasteiger partial charge in [0, 0.05) is 38.4 Å². The lowest BCUT2D eigenvalue weighted by Gasteiger charge is -2.33. The molecule has 1 rings (SSSR count). The van der Waals surface area contributed by atoms with Crippen molar-refractivity contribution in [1.29, 1.82) is 0 Å². The second-order valence-electron chi connectivity index (χ2n) is 3.63. The van der Waals surface area contributed by atoms with E-state index in [1.54, 1.807) is 0 Å². The lowest BCUT2D eigenvalue weighted by molar-refractivity contribution is 0.127. The Morgan fingerprint density at radius 3 is 2.71 bits per heavy atom. The van der Waals surface area contributed by atoms with Crippen LogP contribution in [-0.2, 0) is 4.74 Å². The van der Waals surface area contributed by atoms with Crippen LogP contribution in [0.1, 0.15) is 19.8 Å². The van der Waals surface area contributed by atoms with Gasteiger partial charge in [0.2, 0.25) is 0 Å². The first-order valence-electron chi connectivity index (χ1n) is 5.54. The van der Waals surface area contributed by atoms with Gasteiger partial charge in [-0.05, 0) is 19.8 Å². The molecule has 0 aromatic carbocycles. The summed E-state index contributed by atoms with van der Waals surface area (Å²) in [5.74, 6) is 0. The van der Waals surface area contributed by atoms with E-state index in [2.05, 4.69) is 17.2 Å². The van der Waals surface area contributed by atoms with E-state index in [9.17, 15) is 0 Å². The molecule has 3 heteroatoms. The summed E-state index contributed by atoms with van der Waals surface area (Å²) in [7, 11) is 0. The fourth-order valence-corrected chi connectivity index (χ4v) is 1.88. The highest BCUT2D eigenvalue weighted by Gasteiger charge is 2.22. The van der Waals surface area contributed by atoms with Crippen LogP contribution in [0.2, 0.25) is 0 Å². The number of rotatable bonds is 6. The predicted molar refractivity (Wildman–Crippen MR) is 59.5 cm³/mol. The van der Waals surface area contributed by atoms with Gasteiger partial charge in [-0.15, -0.1) is 6.58 Å². The maximum Gasteiger partial charge on any atom is 0.0481 e. The van der Waals surface area contributed by atoms with E-state index in [1.807, 2.05) is 13.0 Å². The zero-order valence-corrected chi connectivity index (χ0v) is 9.09. The zero-order valence-electron chi connectivity index (χ0n) is 9.09. The summed E-state index contributed by atoms with van der Waals surface area (Å²) in [6.45, 7) is 9.60. The SMILES string of the molecule is C=CCC1NCCNC1CCOCC. The van der Waals surface area contributed by atoms with Gasteiger partial charge in [-0.2, -0.15) is 0 Å². The molecule has 0 aliphatic carbocycles. The third-order valence-corrected chi connectivity index (χ3v) is 2.62. The monoisotopic (exact) mass is 198 g/mol. The summed E-state index contributed by atoms with van der Waals surface area (Å²) in [5, 5.41) is 7.03. The molecule has 1 fully saturated rings. The Balaban J connectivity index is 2.26. The van der Waals surface area contributed by atoms with Crippen LogP contribution < -0.4 is 10.6 Å². The molecule has 2 N–H and O–H groups in total. The first kappa shape index (κ1) is 11.7. The van der Waals surface area contributed by atoms with Gasteiger partial charge in [0.25, 0.3) is 0 Å². The number of piperazine rings is 1. The smallest absolute Gasteiger partial charge is 0.0481 e. The summed E-state index contributed by atoms with van der Waals surface area (Å²) in [6, 6.07) is 1.06. The molecule has 1 heterocycles. The molecule has 1 saturated heterocycles. The van der Waals surface area contributed by atoms with E-state index < -0.39 is 0 Å². The van der Waals surface area contributed by atoms with E-state index in [4.69, 9.17) is 4.74 Å². The van der Waals surface area contributed by atoms with Gasteiger partial charge in [0.1, 0.15) is 0 Å². The molecule has 2 unspecified atom stereocenters. The number of hydrogen-bond donors (Lipinski definition) is 2. The van der Waals surface area contributed by atoms with Gasteiger partial charge in [-0.1, -0.05) is 6.08 Å². The Morgan fingerprint density at radius 2 is 2.07 bits per heavy atom. The minimum absolute atomic E-state index is 0.529. The first-order valence-corrected chi connectivity index (χ1v) is 5.54. The highest BCUT2D eigenvalue weighted by Crippen LogP contribution is 2.07. The molecule has 0 amide bonds. The first-order chi connectivity index (χ1) is 6.88. The molecule has 1 aliphatic heterocycles. The maximum atomic E-state index is 5.37. The molecule has 1 aliphatic rings. The highest BCUT2D eigenvalue weighted by molar-refractivity contribution is 4.90. The molecule has 0 bridgehead atoms. The van der Waals surface area contributed by atoms with E-state index in [0.29, 0.717) is 12.1 Å². The fourth-order valence-electron chi connectivity index (χ4n) is 1.88. The Morgan fingerprint density at radius 1 is 1.36 bits per heavy atom. The van der Waals surface area contributed by atoms with Gasteiger partial charge >= 0.3 is 0 Å². The van der Waals surface area contributed by atoms with Crippen molar-refractivity contribution in [2.45, 2.75) is 31.8 Å². The van der Waals surface area contributed by atoms with Crippen LogP contribution in [0, 0.1) is 0 Å². The molecule has 0 aromatic heterocycles. The maximum absolute atomic E-state index is 5.37. The van der Waals surface area contributed by atoms with Crippen LogP contribution in [0.3, 0.4) is 0 Å². The van der Waals surface area contributed by atoms with Crippen LogP contribution in [0.4, 0.5) is 0 Å². The average Bonchev–Trinajstić information content (AvgIpc) is 2.21. The van der Waals surface area contributed by atoms with Gasteiger partial charge in [-0.25, -0.2) is 0 Å². The second-order valence-corrected chi connectivity index (χ2v) is 3.63. The van der Waals surface area contributed by atoms with Crippen LogP contribution in [0.5, 0.6) is 0 Å². The molecule has 0 aromatic rings. The Bertz CT molecular complexity index is 161. The molecule has 0 saturated carbocycles. The van der Waals surface area contributed by atoms with E-state index >= 15 is 0 Å². The summed E-state index contributed by atoms with van der Waals surface area (Å²) in [6.07, 6.45) is 4.10. The summed E-state index contributed by atoms with van der Waals surface area (Å²) in [4.78, 5) is 0. The Labute approximate surface area is 86.9 Å². The van der Waals surface area contributed by atoms with E-state index in [-0.39, 0.29) is 0 Å². The largest absolute Gasteiger partial charge is 0.382 e. The van der Waals surface area contributed by atoms with Crippen LogP contribution >= 0.6 is 0 Å². The molecule has 0 spiro atoms. The molecule has 82 valence electrons. The fraction of sp³-hybridized carbons (Fsp3) is 0.818. The van der Waals surface area contributed by atoms with Gasteiger partial charge in [0.05, 0.1) is 0 Å². The van der Waals surface area contributed by atoms with Crippen molar-refractivity contribution in [3.8, 4) is 0 Å². The van der Waals surface area contributed by atoms with Gasteiger partial charge < -0.3 is 15.4 Å². The quantitative estimate of drug-likeness (QED) is 0.492. The Hall–Kier alpha value is -0.380. The van der Waals surface area contributed by atoms with E-state index in [1.165, 1.54) is 0 Å². The summed E-state index contributed by atoms with van der Waals surface area (Å²) < 4.78 is 5.37. The normalized spacial score (nSPS) is 27.5. The molecular formula is C11H22N2O. The lowest BCUT2D eigenvalue weighted by Crippen LogP contribution is -2.56. The average molecular weight is 198 g/mol. The van der Waals surface area contributed by atoms with Crippen molar-refractivity contribution < 1.29 is 4.74 Å². The van der Waals surface area contributed by atoms with Crippen molar-refractivity contribution in [3.63, 3.8) is 0 Å². The van der Waals surface area contributed by atoms with Crippen LogP contribution in [0.25, 0.3) is 0 Å². The summed E-state index contributed by atoms with van der Waals surface area (Å²) >= 11 is 0. The van der Waals surface area contributed by atoms with Crippen molar-refractivity contribution in [3.05, 3.63) is 12.7 Å². The van der Waals surface area contributed by atoms with Gasteiger partial charge in [0.15, 0.2) is 0 Å². The highest BCUT2D eigenvalue weighted by atomic mass is 16.5. The lowest BCUT2D eigenvalue weighted by atomic mass is 10.00. The van der Waals surface area contributed by atoms with Crippen molar-refractivity contribution in [1.82, 2.24) is 10.6 Å². The van der Waals surface area contributed by atoms with Crippen LogP contribution in [-0.4, -0.2) is 38.4 Å². The van der Waals surface area contributed by atoms with Gasteiger partial charge in [-0.3, -0.25) is 0 Å². The topological polar surface area (TPSA) is 33.3 Å². The molecule has 14 heavy (non-hydrogen) atoms. The van der Waals surface area contributed by atoms with E-state index in [0.717, 1.165) is 39.1 Å². The molecule has 3 nitrogen and oxygen atoms in total. The molecule has 2 atom stereocenters. The summed E-state index contributed by atoms with van der Waals surface area (Å²) in [5.41, 5.74) is 0. The minimum atomic E-state index is 0.529. The van der Waals surface area contributed by atoms with Crippen molar-refractivity contribution in [2.24, 2.45) is 0 Å². The molecular weight excluding hydrogens is 176 g/mol.